The van der Waals surface area contributed by atoms with Crippen molar-refractivity contribution in [3.05, 3.63) is 0 Å². The molecule has 0 aliphatic heterocycles. The van der Waals surface area contributed by atoms with E-state index in [0.29, 0.717) is 0 Å². The van der Waals surface area contributed by atoms with E-state index in [1.54, 1.807) is 0 Å². The Balaban J connectivity index is -0.0000000910. The minimum atomic E-state index is -4.67. The molecule has 0 amide bonds. The van der Waals surface area contributed by atoms with Crippen LogP contribution in [0.2, 0.25) is 0 Å². The minimum absolute atomic E-state index is 0. The molecule has 0 atom stereocenters. The van der Waals surface area contributed by atoms with Crippen LogP contribution in [0.3, 0.4) is 0 Å². The van der Waals surface area contributed by atoms with Crippen LogP contribution < -0.4 is 10.2 Å². The van der Waals surface area contributed by atoms with Gasteiger partial charge in [0.15, 0.2) is 0 Å². The van der Waals surface area contributed by atoms with Crippen LogP contribution in [0.15, 0.2) is 0 Å². The average molecular weight is 213 g/mol. The smallest absolute Gasteiger partial charge is 0.652 e. The number of hydrogen-bond donors (Lipinski definition) is 2. The second kappa shape index (κ2) is 6.77. The van der Waals surface area contributed by atoms with Gasteiger partial charge < -0.3 is 15.0 Å². The Morgan fingerprint density at radius 1 is 1.20 bits per heavy atom. The summed E-state index contributed by atoms with van der Waals surface area (Å²) >= 11 is 0. The first kappa shape index (κ1) is 16.3. The topological polar surface area (TPSA) is 138 Å². The first-order valence-electron chi connectivity index (χ1n) is 1.31. The molecule has 61 valence electrons. The van der Waals surface area contributed by atoms with Crippen LogP contribution in [0.1, 0.15) is 0 Å². The molecule has 0 saturated heterocycles. The van der Waals surface area contributed by atoms with Crippen molar-refractivity contribution in [2.75, 3.05) is 0 Å². The molecule has 10 heavy (non-hydrogen) atoms. The van der Waals surface area contributed by atoms with Gasteiger partial charge in [-0.1, -0.05) is 0 Å². The number of carboxylic acid groups (broad SMARTS) is 2. The van der Waals surface area contributed by atoms with E-state index in [1.165, 1.54) is 0 Å². The van der Waals surface area contributed by atoms with Crippen LogP contribution in [-0.2, 0) is 27.5 Å². The molecule has 9 heteroatoms. The van der Waals surface area contributed by atoms with Crippen molar-refractivity contribution in [3.63, 3.8) is 0 Å². The quantitative estimate of drug-likeness (QED) is 0.321. The second-order valence-corrected chi connectivity index (χ2v) is 1.59. The van der Waals surface area contributed by atoms with Crippen LogP contribution >= 0.6 is 0 Å². The first-order valence-corrected chi connectivity index (χ1v) is 2.71. The normalized spacial score (nSPS) is 8.20. The van der Waals surface area contributed by atoms with Gasteiger partial charge in [0.1, 0.15) is 0 Å². The molecule has 0 aliphatic carbocycles. The van der Waals surface area contributed by atoms with Gasteiger partial charge >= 0.3 is 27.5 Å². The maximum atomic E-state index is 8.74. The fourth-order valence-corrected chi connectivity index (χ4v) is 0. The van der Waals surface area contributed by atoms with Crippen LogP contribution in [0, 0.1) is 0 Å². The van der Waals surface area contributed by atoms with E-state index < -0.39 is 16.6 Å². The molecule has 0 spiro atoms. The molecule has 0 fully saturated rings. The molecule has 0 aromatic carbocycles. The maximum absolute atomic E-state index is 8.74. The Hall–Kier alpha value is -0.341. The van der Waals surface area contributed by atoms with Gasteiger partial charge in [-0.15, -0.1) is 0 Å². The van der Waals surface area contributed by atoms with Crippen molar-refractivity contribution >= 4 is 16.6 Å². The largest absolute Gasteiger partial charge is 2.00 e. The van der Waals surface area contributed by atoms with Crippen molar-refractivity contribution in [1.82, 2.24) is 0 Å². The maximum Gasteiger partial charge on any atom is 2.00 e. The molecule has 1 radical (unpaired) electrons. The molecule has 2 N–H and O–H groups in total. The SMILES string of the molecule is O=C([O-])[O-].O=S(=O)(O)O.[Mn+2]. The van der Waals surface area contributed by atoms with Gasteiger partial charge in [-0.2, -0.15) is 8.42 Å². The van der Waals surface area contributed by atoms with Crippen LogP contribution in [-0.4, -0.2) is 23.7 Å². The summed E-state index contributed by atoms with van der Waals surface area (Å²) in [5, 5.41) is 16.7. The van der Waals surface area contributed by atoms with E-state index in [1.807, 2.05) is 0 Å². The van der Waals surface area contributed by atoms with Crippen LogP contribution in [0.4, 0.5) is 4.79 Å². The zero-order valence-corrected chi connectivity index (χ0v) is 6.22. The molecule has 0 aliphatic rings. The minimum Gasteiger partial charge on any atom is -0.652 e. The van der Waals surface area contributed by atoms with E-state index in [0.717, 1.165) is 0 Å². The Kier molecular flexibility index (Phi) is 11.1. The summed E-state index contributed by atoms with van der Waals surface area (Å²) in [6, 6.07) is 0. The Morgan fingerprint density at radius 3 is 1.20 bits per heavy atom. The second-order valence-electron chi connectivity index (χ2n) is 0.698. The molecule has 0 saturated carbocycles. The van der Waals surface area contributed by atoms with E-state index in [2.05, 4.69) is 0 Å². The summed E-state index contributed by atoms with van der Waals surface area (Å²) in [5.74, 6) is 0. The number of carbonyl (C=O) groups is 1. The van der Waals surface area contributed by atoms with Crippen LogP contribution in [0.25, 0.3) is 0 Å². The van der Waals surface area contributed by atoms with Gasteiger partial charge in [0, 0.05) is 0 Å². The zero-order valence-electron chi connectivity index (χ0n) is 4.22. The molecule has 0 bridgehead atoms. The summed E-state index contributed by atoms with van der Waals surface area (Å²) in [5.41, 5.74) is 0. The van der Waals surface area contributed by atoms with Crippen molar-refractivity contribution in [2.45, 2.75) is 0 Å². The van der Waals surface area contributed by atoms with Crippen molar-refractivity contribution in [1.29, 1.82) is 0 Å². The number of rotatable bonds is 0. The molecule has 0 unspecified atom stereocenters. The van der Waals surface area contributed by atoms with Crippen molar-refractivity contribution < 1.29 is 49.6 Å². The Bertz CT molecular complexity index is 156. The first-order chi connectivity index (χ1) is 3.73. The van der Waals surface area contributed by atoms with Crippen LogP contribution in [0.5, 0.6) is 0 Å². The zero-order chi connectivity index (χ0) is 8.08. The molecule has 0 aromatic rings. The van der Waals surface area contributed by atoms with E-state index in [-0.39, 0.29) is 17.1 Å². The van der Waals surface area contributed by atoms with E-state index in [9.17, 15) is 0 Å². The molecular formula is CH2MnO7S. The number of carbonyl (C=O) groups excluding carboxylic acids is 1. The third-order valence-electron chi connectivity index (χ3n) is 0. The molecular weight excluding hydrogens is 211 g/mol. The third kappa shape index (κ3) is 2930. The molecule has 0 rings (SSSR count). The van der Waals surface area contributed by atoms with Gasteiger partial charge in [-0.05, 0) is 6.16 Å². The molecule has 0 aromatic heterocycles. The molecule has 0 heterocycles. The summed E-state index contributed by atoms with van der Waals surface area (Å²) in [7, 11) is -4.67. The monoisotopic (exact) mass is 213 g/mol. The van der Waals surface area contributed by atoms with Gasteiger partial charge in [-0.3, -0.25) is 9.11 Å². The summed E-state index contributed by atoms with van der Waals surface area (Å²) in [6.45, 7) is 0. The van der Waals surface area contributed by atoms with Gasteiger partial charge in [0.25, 0.3) is 0 Å². The third-order valence-corrected chi connectivity index (χ3v) is 0. The number of hydrogen-bond acceptors (Lipinski definition) is 5. The summed E-state index contributed by atoms with van der Waals surface area (Å²) < 4.78 is 31.6. The summed E-state index contributed by atoms with van der Waals surface area (Å²) in [4.78, 5) is 8.33. The standard InChI is InChI=1S/CH2O3.Mn.H2O4S/c2-1(3)4;;1-5(2,3)4/h(H2,2,3,4);;(H2,1,2,3,4)/q;+2;/p-2. The van der Waals surface area contributed by atoms with Gasteiger partial charge in [0.2, 0.25) is 0 Å². The van der Waals surface area contributed by atoms with Crippen molar-refractivity contribution in [2.24, 2.45) is 0 Å². The van der Waals surface area contributed by atoms with Gasteiger partial charge in [-0.25, -0.2) is 0 Å². The van der Waals surface area contributed by atoms with E-state index in [4.69, 9.17) is 32.5 Å². The van der Waals surface area contributed by atoms with E-state index >= 15 is 0 Å². The molecule has 7 nitrogen and oxygen atoms in total. The Labute approximate surface area is 66.7 Å². The fraction of sp³-hybridized carbons (Fsp3) is 0. The van der Waals surface area contributed by atoms with Crippen molar-refractivity contribution in [3.8, 4) is 0 Å². The average Bonchev–Trinajstić information content (AvgIpc) is 1.19. The predicted octanol–water partition coefficient (Wildman–Crippen LogP) is -3.10. The Morgan fingerprint density at radius 2 is 1.20 bits per heavy atom. The summed E-state index contributed by atoms with van der Waals surface area (Å²) in [6.07, 6.45) is -2.33. The van der Waals surface area contributed by atoms with Gasteiger partial charge in [0.05, 0.1) is 0 Å². The predicted molar refractivity (Wildman–Crippen MR) is 19.6 cm³/mol. The fourth-order valence-electron chi connectivity index (χ4n) is 0.